The van der Waals surface area contributed by atoms with E-state index in [1.807, 2.05) is 0 Å². The lowest BCUT2D eigenvalue weighted by atomic mass is 10.2. The van der Waals surface area contributed by atoms with Crippen LogP contribution in [0, 0.1) is 0 Å². The zero-order valence-corrected chi connectivity index (χ0v) is 17.0. The number of nitrogens with zero attached hydrogens (tertiary/aromatic N) is 1. The van der Waals surface area contributed by atoms with E-state index in [0.29, 0.717) is 30.4 Å². The van der Waals surface area contributed by atoms with E-state index >= 15 is 0 Å². The molecule has 0 spiro atoms. The summed E-state index contributed by atoms with van der Waals surface area (Å²) in [6.07, 6.45) is 0. The van der Waals surface area contributed by atoms with Crippen LogP contribution in [-0.4, -0.2) is 44.9 Å². The summed E-state index contributed by atoms with van der Waals surface area (Å²) in [5, 5.41) is 2.70. The number of benzene rings is 2. The predicted octanol–water partition coefficient (Wildman–Crippen LogP) is 2.87. The molecule has 27 heavy (non-hydrogen) atoms. The molecule has 1 N–H and O–H groups in total. The average molecular weight is 455 g/mol. The van der Waals surface area contributed by atoms with Crippen LogP contribution in [0.15, 0.2) is 51.8 Å². The van der Waals surface area contributed by atoms with E-state index in [-0.39, 0.29) is 18.0 Å². The Labute approximate surface area is 166 Å². The fraction of sp³-hybridized carbons (Fsp3) is 0.278. The minimum atomic E-state index is -3.76. The molecule has 1 amide bonds. The van der Waals surface area contributed by atoms with Crippen LogP contribution >= 0.6 is 15.9 Å². The number of amides is 1. The highest BCUT2D eigenvalue weighted by Crippen LogP contribution is 2.32. The summed E-state index contributed by atoms with van der Waals surface area (Å²) in [5.41, 5.74) is 0.515. The molecule has 1 aliphatic heterocycles. The number of anilines is 1. The van der Waals surface area contributed by atoms with E-state index in [0.717, 1.165) is 8.78 Å². The van der Waals surface area contributed by atoms with Gasteiger partial charge in [-0.1, -0.05) is 22.9 Å². The summed E-state index contributed by atoms with van der Waals surface area (Å²) in [7, 11) is -3.76. The topological polar surface area (TPSA) is 84.9 Å². The number of likely N-dealkylation sites (N-methyl/N-ethyl adjacent to an activating group) is 1. The van der Waals surface area contributed by atoms with Crippen LogP contribution in [0.4, 0.5) is 5.69 Å². The number of fused-ring (bicyclic) bond motifs is 1. The molecule has 144 valence electrons. The first-order valence-corrected chi connectivity index (χ1v) is 10.6. The van der Waals surface area contributed by atoms with Gasteiger partial charge in [0, 0.05) is 22.8 Å². The van der Waals surface area contributed by atoms with Crippen molar-refractivity contribution < 1.29 is 22.7 Å². The van der Waals surface area contributed by atoms with Crippen molar-refractivity contribution in [2.45, 2.75) is 11.8 Å². The van der Waals surface area contributed by atoms with Gasteiger partial charge in [-0.25, -0.2) is 8.42 Å². The molecule has 1 heterocycles. The summed E-state index contributed by atoms with van der Waals surface area (Å²) in [5.74, 6) is 0.732. The van der Waals surface area contributed by atoms with Crippen molar-refractivity contribution in [1.82, 2.24) is 4.31 Å². The molecule has 3 rings (SSSR count). The van der Waals surface area contributed by atoms with E-state index in [9.17, 15) is 13.2 Å². The predicted molar refractivity (Wildman–Crippen MR) is 105 cm³/mol. The Hall–Kier alpha value is -2.10. The normalized spacial score (nSPS) is 13.4. The maximum Gasteiger partial charge on any atom is 0.243 e. The van der Waals surface area contributed by atoms with Gasteiger partial charge in [-0.2, -0.15) is 4.31 Å². The molecule has 2 aromatic carbocycles. The monoisotopic (exact) mass is 454 g/mol. The second-order valence-electron chi connectivity index (χ2n) is 5.79. The fourth-order valence-corrected chi connectivity index (χ4v) is 4.27. The van der Waals surface area contributed by atoms with Crippen molar-refractivity contribution in [3.63, 3.8) is 0 Å². The Morgan fingerprint density at radius 2 is 1.78 bits per heavy atom. The molecule has 0 unspecified atom stereocenters. The highest BCUT2D eigenvalue weighted by atomic mass is 79.9. The smallest absolute Gasteiger partial charge is 0.243 e. The number of hydrogen-bond donors (Lipinski definition) is 1. The van der Waals surface area contributed by atoms with Gasteiger partial charge in [-0.15, -0.1) is 0 Å². The number of halogens is 1. The van der Waals surface area contributed by atoms with Gasteiger partial charge < -0.3 is 14.8 Å². The number of carbonyl (C=O) groups excluding carboxylic acids is 1. The van der Waals surface area contributed by atoms with Gasteiger partial charge in [0.1, 0.15) is 13.2 Å². The lowest BCUT2D eigenvalue weighted by molar-refractivity contribution is -0.116. The quantitative estimate of drug-likeness (QED) is 0.724. The third-order valence-corrected chi connectivity index (χ3v) is 6.41. The number of sulfonamides is 1. The SMILES string of the molecule is CCN(CC(=O)Nc1ccc2c(c1)OCCO2)S(=O)(=O)c1ccc(Br)cc1. The third kappa shape index (κ3) is 4.60. The third-order valence-electron chi connectivity index (χ3n) is 3.95. The molecule has 7 nitrogen and oxygen atoms in total. The van der Waals surface area contributed by atoms with Crippen LogP contribution in [0.3, 0.4) is 0 Å². The van der Waals surface area contributed by atoms with E-state index in [2.05, 4.69) is 21.2 Å². The van der Waals surface area contributed by atoms with Crippen molar-refractivity contribution in [1.29, 1.82) is 0 Å². The minimum absolute atomic E-state index is 0.139. The lowest BCUT2D eigenvalue weighted by Gasteiger charge is -2.21. The number of rotatable bonds is 6. The largest absolute Gasteiger partial charge is 0.486 e. The van der Waals surface area contributed by atoms with Crippen LogP contribution in [-0.2, 0) is 14.8 Å². The number of hydrogen-bond acceptors (Lipinski definition) is 5. The summed E-state index contributed by atoms with van der Waals surface area (Å²) in [4.78, 5) is 12.5. The second-order valence-corrected chi connectivity index (χ2v) is 8.65. The van der Waals surface area contributed by atoms with Crippen LogP contribution < -0.4 is 14.8 Å². The highest BCUT2D eigenvalue weighted by Gasteiger charge is 2.25. The van der Waals surface area contributed by atoms with Crippen LogP contribution in [0.1, 0.15) is 6.92 Å². The summed E-state index contributed by atoms with van der Waals surface area (Å²) < 4.78 is 38.3. The first kappa shape index (κ1) is 19.7. The van der Waals surface area contributed by atoms with Crippen LogP contribution in [0.5, 0.6) is 11.5 Å². The number of ether oxygens (including phenoxy) is 2. The first-order chi connectivity index (χ1) is 12.9. The van der Waals surface area contributed by atoms with Gasteiger partial charge in [0.25, 0.3) is 0 Å². The molecule has 0 radical (unpaired) electrons. The summed E-state index contributed by atoms with van der Waals surface area (Å²) >= 11 is 3.28. The van der Waals surface area contributed by atoms with Crippen LogP contribution in [0.2, 0.25) is 0 Å². The molecule has 0 saturated carbocycles. The van der Waals surface area contributed by atoms with Crippen molar-refractivity contribution in [2.75, 3.05) is 31.6 Å². The Kier molecular flexibility index (Phi) is 6.03. The van der Waals surface area contributed by atoms with E-state index in [1.165, 1.54) is 12.1 Å². The van der Waals surface area contributed by atoms with E-state index in [4.69, 9.17) is 9.47 Å². The fourth-order valence-electron chi connectivity index (χ4n) is 2.60. The molecule has 0 bridgehead atoms. The Balaban J connectivity index is 1.70. The van der Waals surface area contributed by atoms with Crippen molar-refractivity contribution >= 4 is 37.5 Å². The molecule has 0 atom stereocenters. The van der Waals surface area contributed by atoms with Gasteiger partial charge in [0.2, 0.25) is 15.9 Å². The maximum absolute atomic E-state index is 12.7. The molecule has 1 aliphatic rings. The molecular formula is C18H19BrN2O5S. The van der Waals surface area contributed by atoms with Crippen molar-refractivity contribution in [3.05, 3.63) is 46.9 Å². The number of nitrogens with one attached hydrogen (secondary N) is 1. The standard InChI is InChI=1S/C18H19BrN2O5S/c1-2-21(27(23,24)15-6-3-13(19)4-7-15)12-18(22)20-14-5-8-16-17(11-14)26-10-9-25-16/h3-8,11H,2,9-10,12H2,1H3,(H,20,22). The van der Waals surface area contributed by atoms with Crippen molar-refractivity contribution in [3.8, 4) is 11.5 Å². The second kappa shape index (κ2) is 8.28. The van der Waals surface area contributed by atoms with Gasteiger partial charge in [-0.05, 0) is 36.4 Å². The van der Waals surface area contributed by atoms with E-state index < -0.39 is 15.9 Å². The minimum Gasteiger partial charge on any atom is -0.486 e. The first-order valence-electron chi connectivity index (χ1n) is 8.35. The summed E-state index contributed by atoms with van der Waals surface area (Å²) in [6, 6.07) is 11.4. The van der Waals surface area contributed by atoms with E-state index in [1.54, 1.807) is 37.3 Å². The molecule has 0 aliphatic carbocycles. The molecule has 9 heteroatoms. The zero-order valence-electron chi connectivity index (χ0n) is 14.6. The van der Waals surface area contributed by atoms with Gasteiger partial charge >= 0.3 is 0 Å². The Morgan fingerprint density at radius 1 is 1.11 bits per heavy atom. The molecule has 2 aromatic rings. The number of carbonyl (C=O) groups is 1. The molecule has 0 aromatic heterocycles. The van der Waals surface area contributed by atoms with Gasteiger partial charge in [0.05, 0.1) is 11.4 Å². The van der Waals surface area contributed by atoms with Gasteiger partial charge in [-0.3, -0.25) is 4.79 Å². The van der Waals surface area contributed by atoms with Crippen molar-refractivity contribution in [2.24, 2.45) is 0 Å². The molecule has 0 saturated heterocycles. The molecule has 0 fully saturated rings. The van der Waals surface area contributed by atoms with Crippen LogP contribution in [0.25, 0.3) is 0 Å². The average Bonchev–Trinajstić information content (AvgIpc) is 2.66. The Bertz CT molecular complexity index is 931. The highest BCUT2D eigenvalue weighted by molar-refractivity contribution is 9.10. The summed E-state index contributed by atoms with van der Waals surface area (Å²) in [6.45, 7) is 2.50. The van der Waals surface area contributed by atoms with Gasteiger partial charge in [0.15, 0.2) is 11.5 Å². The lowest BCUT2D eigenvalue weighted by Crippen LogP contribution is -2.37. The maximum atomic E-state index is 12.7. The Morgan fingerprint density at radius 3 is 2.44 bits per heavy atom. The molecular weight excluding hydrogens is 436 g/mol. The zero-order chi connectivity index (χ0) is 19.4.